The maximum Gasteiger partial charge on any atom is 0.357 e. The Morgan fingerprint density at radius 1 is 1.18 bits per heavy atom. The molecule has 252 valence electrons. The summed E-state index contributed by atoms with van der Waals surface area (Å²) in [4.78, 5) is 19.4. The third kappa shape index (κ3) is 14.2. The van der Waals surface area contributed by atoms with Crippen molar-refractivity contribution < 1.29 is 36.1 Å². The standard InChI is InChI=1S/C31H48FN3O7S2Si/c1-31(2,3)45(6,7)42-21-9-8-17-33-30-34-28(29(36)40-5)27(43-30)14-11-20-41-26-16-15-24(23-25(26)32)13-10-18-35(4)19-12-22-44(37,38)39/h15-16,23H,8-9,11-12,14,17-22H2,1-7H3,(H,33,34)(H,37,38,39). The first-order chi connectivity index (χ1) is 21.0. The van der Waals surface area contributed by atoms with E-state index in [4.69, 9.17) is 18.5 Å². The van der Waals surface area contributed by atoms with Crippen molar-refractivity contribution in [1.82, 2.24) is 9.88 Å². The molecule has 0 spiro atoms. The number of nitrogens with one attached hydrogen (secondary N) is 1. The van der Waals surface area contributed by atoms with Gasteiger partial charge < -0.3 is 19.2 Å². The van der Waals surface area contributed by atoms with Crippen molar-refractivity contribution in [3.63, 3.8) is 0 Å². The lowest BCUT2D eigenvalue weighted by atomic mass is 10.2. The molecule has 0 aliphatic rings. The molecular formula is C31H48FN3O7S2Si. The van der Waals surface area contributed by atoms with Crippen molar-refractivity contribution in [2.24, 2.45) is 0 Å². The normalized spacial score (nSPS) is 12.1. The smallest absolute Gasteiger partial charge is 0.357 e. The van der Waals surface area contributed by atoms with Crippen LogP contribution in [0.3, 0.4) is 0 Å². The SMILES string of the molecule is COC(=O)c1nc(NCCCCO[Si](C)(C)C(C)(C)C)sc1CCCOc1ccc(C#CCN(C)CCCS(=O)(=O)O)cc1F. The number of carbonyl (C=O) groups is 1. The van der Waals surface area contributed by atoms with Gasteiger partial charge in [0.05, 0.1) is 26.0 Å². The second-order valence-corrected chi connectivity index (χ2v) is 19.8. The molecule has 45 heavy (non-hydrogen) atoms. The zero-order valence-corrected chi connectivity index (χ0v) is 30.1. The zero-order valence-electron chi connectivity index (χ0n) is 27.5. The largest absolute Gasteiger partial charge is 0.491 e. The van der Waals surface area contributed by atoms with Crippen LogP contribution in [0.2, 0.25) is 18.1 Å². The fourth-order valence-electron chi connectivity index (χ4n) is 3.80. The molecule has 10 nitrogen and oxygen atoms in total. The van der Waals surface area contributed by atoms with Gasteiger partial charge >= 0.3 is 5.97 Å². The van der Waals surface area contributed by atoms with Crippen molar-refractivity contribution in [1.29, 1.82) is 0 Å². The molecule has 14 heteroatoms. The van der Waals surface area contributed by atoms with Crippen LogP contribution in [0.25, 0.3) is 0 Å². The summed E-state index contributed by atoms with van der Waals surface area (Å²) in [6, 6.07) is 4.50. The number of hydrogen-bond donors (Lipinski definition) is 2. The van der Waals surface area contributed by atoms with Gasteiger partial charge in [-0.25, -0.2) is 14.2 Å². The number of aryl methyl sites for hydroxylation is 1. The number of carbonyl (C=O) groups excluding carboxylic acids is 1. The second-order valence-electron chi connectivity index (χ2n) is 12.3. The summed E-state index contributed by atoms with van der Waals surface area (Å²) in [5.74, 6) is 4.59. The van der Waals surface area contributed by atoms with Gasteiger partial charge in [0.1, 0.15) is 0 Å². The summed E-state index contributed by atoms with van der Waals surface area (Å²) < 4.78 is 61.8. The van der Waals surface area contributed by atoms with Gasteiger partial charge in [0.2, 0.25) is 0 Å². The minimum Gasteiger partial charge on any atom is -0.491 e. The molecule has 0 aliphatic heterocycles. The maximum absolute atomic E-state index is 14.6. The fourth-order valence-corrected chi connectivity index (χ4v) is 6.40. The topological polar surface area (TPSA) is 127 Å². The van der Waals surface area contributed by atoms with Gasteiger partial charge in [-0.1, -0.05) is 32.6 Å². The van der Waals surface area contributed by atoms with E-state index in [0.717, 1.165) is 24.3 Å². The first-order valence-corrected chi connectivity index (χ1v) is 20.4. The lowest BCUT2D eigenvalue weighted by Crippen LogP contribution is -2.41. The van der Waals surface area contributed by atoms with E-state index in [0.29, 0.717) is 43.2 Å². The van der Waals surface area contributed by atoms with E-state index < -0.39 is 30.2 Å². The van der Waals surface area contributed by atoms with Crippen molar-refractivity contribution in [3.05, 3.63) is 40.2 Å². The zero-order chi connectivity index (χ0) is 33.7. The molecule has 0 aliphatic carbocycles. The molecule has 0 amide bonds. The predicted octanol–water partition coefficient (Wildman–Crippen LogP) is 5.86. The molecule has 0 atom stereocenters. The first-order valence-electron chi connectivity index (χ1n) is 15.0. The molecule has 2 N–H and O–H groups in total. The Labute approximate surface area is 272 Å². The highest BCUT2D eigenvalue weighted by Crippen LogP contribution is 2.36. The van der Waals surface area contributed by atoms with Crippen LogP contribution < -0.4 is 10.1 Å². The Bertz CT molecular complexity index is 1420. The van der Waals surface area contributed by atoms with Gasteiger partial charge in [-0.3, -0.25) is 9.45 Å². The van der Waals surface area contributed by atoms with E-state index in [1.165, 1.54) is 30.6 Å². The lowest BCUT2D eigenvalue weighted by molar-refractivity contribution is 0.0593. The highest BCUT2D eigenvalue weighted by atomic mass is 32.2. The summed E-state index contributed by atoms with van der Waals surface area (Å²) >= 11 is 1.41. The second kappa shape index (κ2) is 18.0. The van der Waals surface area contributed by atoms with Crippen molar-refractivity contribution in [2.75, 3.05) is 58.1 Å². The first kappa shape index (κ1) is 38.6. The van der Waals surface area contributed by atoms with E-state index >= 15 is 0 Å². The molecule has 1 heterocycles. The van der Waals surface area contributed by atoms with Crippen LogP contribution in [-0.2, 0) is 25.7 Å². The Balaban J connectivity index is 1.81. The number of halogens is 1. The predicted molar refractivity (Wildman–Crippen MR) is 180 cm³/mol. The Morgan fingerprint density at radius 2 is 1.91 bits per heavy atom. The van der Waals surface area contributed by atoms with Crippen LogP contribution in [0, 0.1) is 17.7 Å². The summed E-state index contributed by atoms with van der Waals surface area (Å²) in [6.07, 6.45) is 3.20. The Hall–Kier alpha value is -2.54. The molecule has 1 aromatic carbocycles. The van der Waals surface area contributed by atoms with E-state index in [9.17, 15) is 17.6 Å². The number of rotatable bonds is 18. The summed E-state index contributed by atoms with van der Waals surface area (Å²) in [6.45, 7) is 13.7. The average molecular weight is 686 g/mol. The van der Waals surface area contributed by atoms with E-state index in [1.54, 1.807) is 13.1 Å². The number of anilines is 1. The summed E-state index contributed by atoms with van der Waals surface area (Å²) in [5, 5.41) is 4.15. The number of ether oxygens (including phenoxy) is 2. The molecule has 0 fully saturated rings. The number of nitrogens with zero attached hydrogens (tertiary/aromatic N) is 2. The highest BCUT2D eigenvalue weighted by Gasteiger charge is 2.36. The third-order valence-corrected chi connectivity index (χ3v) is 13.9. The molecule has 0 saturated heterocycles. The van der Waals surface area contributed by atoms with Crippen LogP contribution >= 0.6 is 11.3 Å². The van der Waals surface area contributed by atoms with Gasteiger partial charge in [-0.05, 0) is 82.0 Å². The summed E-state index contributed by atoms with van der Waals surface area (Å²) in [5.41, 5.74) is 0.770. The number of hydrogen-bond acceptors (Lipinski definition) is 10. The van der Waals surface area contributed by atoms with E-state index in [-0.39, 0.29) is 35.3 Å². The minimum absolute atomic E-state index is 0.111. The molecule has 0 saturated carbocycles. The lowest BCUT2D eigenvalue weighted by Gasteiger charge is -2.36. The van der Waals surface area contributed by atoms with Crippen LogP contribution in [0.5, 0.6) is 5.75 Å². The van der Waals surface area contributed by atoms with Crippen LogP contribution in [0.4, 0.5) is 9.52 Å². The molecule has 2 rings (SSSR count). The van der Waals surface area contributed by atoms with Crippen LogP contribution in [-0.4, -0.2) is 89.9 Å². The number of unbranched alkanes of at least 4 members (excludes halogenated alkanes) is 1. The molecule has 0 bridgehead atoms. The number of benzene rings is 1. The number of aromatic nitrogens is 1. The number of thiazole rings is 1. The Morgan fingerprint density at radius 3 is 2.56 bits per heavy atom. The highest BCUT2D eigenvalue weighted by molar-refractivity contribution is 7.85. The molecular weight excluding hydrogens is 638 g/mol. The average Bonchev–Trinajstić information content (AvgIpc) is 3.35. The quantitative estimate of drug-likeness (QED) is 0.0648. The van der Waals surface area contributed by atoms with Gasteiger partial charge in [0.15, 0.2) is 30.7 Å². The molecule has 0 unspecified atom stereocenters. The van der Waals surface area contributed by atoms with Crippen molar-refractivity contribution in [2.45, 2.75) is 71.0 Å². The van der Waals surface area contributed by atoms with Crippen LogP contribution in [0.1, 0.15) is 67.4 Å². The Kier molecular flexibility index (Phi) is 15.4. The molecule has 2 aromatic rings. The minimum atomic E-state index is -3.98. The third-order valence-electron chi connectivity index (χ3n) is 7.45. The van der Waals surface area contributed by atoms with Crippen molar-refractivity contribution >= 4 is 40.9 Å². The monoisotopic (exact) mass is 685 g/mol. The number of methoxy groups -OCH3 is 1. The van der Waals surface area contributed by atoms with Gasteiger partial charge in [0.25, 0.3) is 10.1 Å². The van der Waals surface area contributed by atoms with Crippen molar-refractivity contribution in [3.8, 4) is 17.6 Å². The summed E-state index contributed by atoms with van der Waals surface area (Å²) in [7, 11) is -2.62. The maximum atomic E-state index is 14.6. The van der Waals surface area contributed by atoms with Gasteiger partial charge in [-0.15, -0.1) is 11.3 Å². The number of esters is 1. The fraction of sp³-hybridized carbons (Fsp3) is 0.613. The van der Waals surface area contributed by atoms with E-state index in [2.05, 4.69) is 56.0 Å². The molecule has 1 aromatic heterocycles. The van der Waals surface area contributed by atoms with Gasteiger partial charge in [0, 0.05) is 23.6 Å². The molecule has 0 radical (unpaired) electrons. The van der Waals surface area contributed by atoms with Gasteiger partial charge in [-0.2, -0.15) is 8.42 Å². The van der Waals surface area contributed by atoms with E-state index in [1.807, 2.05) is 4.90 Å². The van der Waals surface area contributed by atoms with Crippen LogP contribution in [0.15, 0.2) is 18.2 Å².